The number of piperidine rings is 2. The number of nitrogens with zero attached hydrogens (tertiary/aromatic N) is 4. The van der Waals surface area contributed by atoms with E-state index in [9.17, 15) is 9.59 Å². The third kappa shape index (κ3) is 6.97. The molecule has 3 heterocycles. The maximum absolute atomic E-state index is 12.5. The third-order valence-electron chi connectivity index (χ3n) is 6.02. The highest BCUT2D eigenvalue weighted by Gasteiger charge is 2.26. The first-order chi connectivity index (χ1) is 15.1. The highest BCUT2D eigenvalue weighted by Crippen LogP contribution is 2.25. The molecule has 31 heavy (non-hydrogen) atoms. The lowest BCUT2D eigenvalue weighted by Crippen LogP contribution is -2.46. The van der Waals surface area contributed by atoms with Crippen molar-refractivity contribution in [3.8, 4) is 0 Å². The highest BCUT2D eigenvalue weighted by molar-refractivity contribution is 5.76. The van der Waals surface area contributed by atoms with Gasteiger partial charge in [-0.3, -0.25) is 4.79 Å². The summed E-state index contributed by atoms with van der Waals surface area (Å²) in [4.78, 5) is 37.0. The van der Waals surface area contributed by atoms with E-state index in [0.717, 1.165) is 63.4 Å². The molecule has 0 saturated carbocycles. The number of carbonyl (C=O) groups excluding carboxylic acids is 2. The molecule has 0 radical (unpaired) electrons. The Kier molecular flexibility index (Phi) is 8.73. The van der Waals surface area contributed by atoms with Gasteiger partial charge in [0.05, 0.1) is 6.61 Å². The molecule has 3 rings (SSSR count). The summed E-state index contributed by atoms with van der Waals surface area (Å²) in [6.45, 7) is 8.26. The number of aromatic nitrogens is 2. The van der Waals surface area contributed by atoms with E-state index >= 15 is 0 Å². The van der Waals surface area contributed by atoms with Gasteiger partial charge >= 0.3 is 6.09 Å². The number of nitrogens with one attached hydrogen (secondary N) is 2. The van der Waals surface area contributed by atoms with E-state index < -0.39 is 0 Å². The standard InChI is InChI=1S/C22H36N6O3/c1-3-23-19-14-20(25-16-24-19)28-11-5-6-17(15-28)7-8-21(29)26-18-9-12-27(13-10-18)22(30)31-4-2/h14,16-18H,3-13,15H2,1-2H3,(H,26,29)(H,23,24,25)/t17-/m0/s1. The molecule has 2 aliphatic heterocycles. The largest absolute Gasteiger partial charge is 0.450 e. The van der Waals surface area contributed by atoms with Gasteiger partial charge in [-0.15, -0.1) is 0 Å². The van der Waals surface area contributed by atoms with Crippen molar-refractivity contribution in [2.45, 2.75) is 58.4 Å². The highest BCUT2D eigenvalue weighted by atomic mass is 16.6. The predicted molar refractivity (Wildman–Crippen MR) is 120 cm³/mol. The smallest absolute Gasteiger partial charge is 0.409 e. The van der Waals surface area contributed by atoms with Crippen LogP contribution in [0.2, 0.25) is 0 Å². The molecule has 0 aliphatic carbocycles. The van der Waals surface area contributed by atoms with Gasteiger partial charge < -0.3 is 25.2 Å². The Balaban J connectivity index is 1.39. The number of rotatable bonds is 8. The molecule has 0 bridgehead atoms. The van der Waals surface area contributed by atoms with Crippen LogP contribution < -0.4 is 15.5 Å². The number of carbonyl (C=O) groups is 2. The molecule has 9 heteroatoms. The van der Waals surface area contributed by atoms with Crippen LogP contribution in [0.5, 0.6) is 0 Å². The molecule has 0 unspecified atom stereocenters. The minimum atomic E-state index is -0.254. The van der Waals surface area contributed by atoms with Gasteiger partial charge in [-0.25, -0.2) is 14.8 Å². The molecular formula is C22H36N6O3. The van der Waals surface area contributed by atoms with E-state index in [4.69, 9.17) is 4.74 Å². The van der Waals surface area contributed by atoms with Crippen molar-refractivity contribution in [3.63, 3.8) is 0 Å². The van der Waals surface area contributed by atoms with Gasteiger partial charge in [-0.05, 0) is 51.9 Å². The Hall–Kier alpha value is -2.58. The summed E-state index contributed by atoms with van der Waals surface area (Å²) >= 11 is 0. The molecule has 0 spiro atoms. The Labute approximate surface area is 184 Å². The van der Waals surface area contributed by atoms with Crippen LogP contribution in [-0.4, -0.2) is 72.2 Å². The summed E-state index contributed by atoms with van der Waals surface area (Å²) in [5.41, 5.74) is 0. The maximum atomic E-state index is 12.5. The Bertz CT molecular complexity index is 723. The summed E-state index contributed by atoms with van der Waals surface area (Å²) < 4.78 is 5.05. The second-order valence-corrected chi connectivity index (χ2v) is 8.31. The molecule has 2 fully saturated rings. The summed E-state index contributed by atoms with van der Waals surface area (Å²) in [7, 11) is 0. The number of amides is 2. The van der Waals surface area contributed by atoms with Crippen molar-refractivity contribution < 1.29 is 14.3 Å². The van der Waals surface area contributed by atoms with E-state index in [-0.39, 0.29) is 18.0 Å². The van der Waals surface area contributed by atoms with Crippen LogP contribution in [0.3, 0.4) is 0 Å². The number of hydrogen-bond acceptors (Lipinski definition) is 7. The zero-order valence-corrected chi connectivity index (χ0v) is 18.8. The van der Waals surface area contributed by atoms with Crippen molar-refractivity contribution in [2.75, 3.05) is 49.5 Å². The van der Waals surface area contributed by atoms with Gasteiger partial charge in [0.1, 0.15) is 18.0 Å². The average Bonchev–Trinajstić information content (AvgIpc) is 2.79. The first-order valence-electron chi connectivity index (χ1n) is 11.6. The van der Waals surface area contributed by atoms with Crippen LogP contribution in [0, 0.1) is 5.92 Å². The van der Waals surface area contributed by atoms with Crippen molar-refractivity contribution in [1.82, 2.24) is 20.2 Å². The maximum Gasteiger partial charge on any atom is 0.409 e. The fourth-order valence-corrected chi connectivity index (χ4v) is 4.36. The molecule has 172 valence electrons. The lowest BCUT2D eigenvalue weighted by molar-refractivity contribution is -0.122. The quantitative estimate of drug-likeness (QED) is 0.651. The first kappa shape index (κ1) is 23.1. The van der Waals surface area contributed by atoms with Crippen LogP contribution in [0.1, 0.15) is 52.4 Å². The molecule has 2 aliphatic rings. The molecule has 1 aromatic rings. The molecule has 9 nitrogen and oxygen atoms in total. The summed E-state index contributed by atoms with van der Waals surface area (Å²) in [6.07, 6.45) is 6.60. The van der Waals surface area contributed by atoms with Crippen LogP contribution in [-0.2, 0) is 9.53 Å². The number of ether oxygens (including phenoxy) is 1. The van der Waals surface area contributed by atoms with Crippen molar-refractivity contribution in [2.24, 2.45) is 5.92 Å². The van der Waals surface area contributed by atoms with Gasteiger partial charge in [0.2, 0.25) is 5.91 Å². The predicted octanol–water partition coefficient (Wildman–Crippen LogP) is 2.64. The van der Waals surface area contributed by atoms with Crippen LogP contribution in [0.15, 0.2) is 12.4 Å². The van der Waals surface area contributed by atoms with Crippen molar-refractivity contribution >= 4 is 23.6 Å². The first-order valence-corrected chi connectivity index (χ1v) is 11.6. The normalized spacial score (nSPS) is 19.7. The lowest BCUT2D eigenvalue weighted by atomic mass is 9.93. The lowest BCUT2D eigenvalue weighted by Gasteiger charge is -2.34. The SMILES string of the molecule is CCNc1cc(N2CCC[C@@H](CCC(=O)NC3CCN(C(=O)OCC)CC3)C2)ncn1. The molecule has 2 N–H and O–H groups in total. The van der Waals surface area contributed by atoms with Crippen LogP contribution in [0.25, 0.3) is 0 Å². The number of anilines is 2. The number of hydrogen-bond donors (Lipinski definition) is 2. The van der Waals surface area contributed by atoms with Gasteiger partial charge in [0.15, 0.2) is 0 Å². The minimum Gasteiger partial charge on any atom is -0.450 e. The fourth-order valence-electron chi connectivity index (χ4n) is 4.36. The second kappa shape index (κ2) is 11.7. The molecule has 2 saturated heterocycles. The Morgan fingerprint density at radius 3 is 2.71 bits per heavy atom. The monoisotopic (exact) mass is 432 g/mol. The fraction of sp³-hybridized carbons (Fsp3) is 0.727. The van der Waals surface area contributed by atoms with Gasteiger partial charge in [0, 0.05) is 51.3 Å². The Morgan fingerprint density at radius 2 is 1.97 bits per heavy atom. The zero-order valence-electron chi connectivity index (χ0n) is 18.8. The molecule has 1 aromatic heterocycles. The van der Waals surface area contributed by atoms with E-state index in [1.54, 1.807) is 11.2 Å². The Morgan fingerprint density at radius 1 is 1.16 bits per heavy atom. The molecular weight excluding hydrogens is 396 g/mol. The number of likely N-dealkylation sites (tertiary alicyclic amines) is 1. The molecule has 1 atom stereocenters. The minimum absolute atomic E-state index is 0.114. The van der Waals surface area contributed by atoms with Crippen molar-refractivity contribution in [1.29, 1.82) is 0 Å². The molecule has 0 aromatic carbocycles. The van der Waals surface area contributed by atoms with Crippen molar-refractivity contribution in [3.05, 3.63) is 12.4 Å². The van der Waals surface area contributed by atoms with E-state index in [1.807, 2.05) is 19.9 Å². The van der Waals surface area contributed by atoms with E-state index in [0.29, 0.717) is 32.0 Å². The summed E-state index contributed by atoms with van der Waals surface area (Å²) in [5, 5.41) is 6.39. The van der Waals surface area contributed by atoms with Gasteiger partial charge in [-0.2, -0.15) is 0 Å². The average molecular weight is 433 g/mol. The van der Waals surface area contributed by atoms with Gasteiger partial charge in [-0.1, -0.05) is 0 Å². The van der Waals surface area contributed by atoms with Crippen LogP contribution >= 0.6 is 0 Å². The van der Waals surface area contributed by atoms with Gasteiger partial charge in [0.25, 0.3) is 0 Å². The topological polar surface area (TPSA) is 99.7 Å². The van der Waals surface area contributed by atoms with E-state index in [1.165, 1.54) is 0 Å². The second-order valence-electron chi connectivity index (χ2n) is 8.31. The molecule has 2 amide bonds. The van der Waals surface area contributed by atoms with Crippen LogP contribution in [0.4, 0.5) is 16.4 Å². The third-order valence-corrected chi connectivity index (χ3v) is 6.02. The summed E-state index contributed by atoms with van der Waals surface area (Å²) in [5.74, 6) is 2.40. The zero-order chi connectivity index (χ0) is 22.1. The van der Waals surface area contributed by atoms with E-state index in [2.05, 4.69) is 25.5 Å². The summed E-state index contributed by atoms with van der Waals surface area (Å²) in [6, 6.07) is 2.15.